The van der Waals surface area contributed by atoms with E-state index in [4.69, 9.17) is 11.6 Å². The predicted molar refractivity (Wildman–Crippen MR) is 70.9 cm³/mol. The van der Waals surface area contributed by atoms with Crippen LogP contribution in [-0.2, 0) is 0 Å². The summed E-state index contributed by atoms with van der Waals surface area (Å²) in [4.78, 5) is 15.5. The van der Waals surface area contributed by atoms with Crippen LogP contribution in [0.1, 0.15) is 10.5 Å². The van der Waals surface area contributed by atoms with E-state index in [1.807, 2.05) is 0 Å². The van der Waals surface area contributed by atoms with E-state index in [-0.39, 0.29) is 5.69 Å². The van der Waals surface area contributed by atoms with Crippen LogP contribution in [0.5, 0.6) is 0 Å². The normalized spacial score (nSPS) is 11.4. The van der Waals surface area contributed by atoms with Gasteiger partial charge in [-0.15, -0.1) is 11.3 Å². The van der Waals surface area contributed by atoms with Crippen molar-refractivity contribution in [3.8, 4) is 10.6 Å². The van der Waals surface area contributed by atoms with E-state index < -0.39 is 18.6 Å². The van der Waals surface area contributed by atoms with Gasteiger partial charge in [-0.3, -0.25) is 4.79 Å². The summed E-state index contributed by atoms with van der Waals surface area (Å²) in [6.07, 6.45) is -4.44. The van der Waals surface area contributed by atoms with Crippen LogP contribution in [0.25, 0.3) is 10.6 Å². The Hall–Kier alpha value is -1.60. The van der Waals surface area contributed by atoms with Crippen molar-refractivity contribution in [3.05, 3.63) is 40.4 Å². The van der Waals surface area contributed by atoms with Crippen LogP contribution in [0, 0.1) is 0 Å². The molecular formula is C12H8ClF3N2OS. The molecule has 1 aromatic carbocycles. The number of amides is 1. The minimum Gasteiger partial charge on any atom is -0.342 e. The van der Waals surface area contributed by atoms with Crippen molar-refractivity contribution in [1.29, 1.82) is 0 Å². The first-order chi connectivity index (χ1) is 9.35. The standard InChI is InChI=1S/C12H8ClF3N2OS/c13-8-3-1-7(2-4-8)11-18-9(5-20-11)10(19)17-6-12(14,15)16/h1-5H,6H2,(H,17,19). The van der Waals surface area contributed by atoms with E-state index >= 15 is 0 Å². The molecule has 0 atom stereocenters. The average molecular weight is 321 g/mol. The molecular weight excluding hydrogens is 313 g/mol. The number of carbonyl (C=O) groups is 1. The quantitative estimate of drug-likeness (QED) is 0.935. The molecule has 0 radical (unpaired) electrons. The number of hydrogen-bond acceptors (Lipinski definition) is 3. The van der Waals surface area contributed by atoms with Gasteiger partial charge in [0, 0.05) is 16.0 Å². The van der Waals surface area contributed by atoms with Gasteiger partial charge in [-0.05, 0) is 12.1 Å². The molecule has 106 valence electrons. The van der Waals surface area contributed by atoms with Crippen LogP contribution in [0.2, 0.25) is 5.02 Å². The molecule has 0 aliphatic carbocycles. The van der Waals surface area contributed by atoms with Crippen molar-refractivity contribution >= 4 is 28.8 Å². The topological polar surface area (TPSA) is 42.0 Å². The molecule has 0 spiro atoms. The van der Waals surface area contributed by atoms with Crippen molar-refractivity contribution in [3.63, 3.8) is 0 Å². The Morgan fingerprint density at radius 1 is 1.30 bits per heavy atom. The van der Waals surface area contributed by atoms with Crippen LogP contribution < -0.4 is 5.32 Å². The monoisotopic (exact) mass is 320 g/mol. The molecule has 2 rings (SSSR count). The molecule has 1 aromatic heterocycles. The second-order valence-electron chi connectivity index (χ2n) is 3.84. The lowest BCUT2D eigenvalue weighted by atomic mass is 10.2. The van der Waals surface area contributed by atoms with Crippen molar-refractivity contribution in [1.82, 2.24) is 10.3 Å². The second kappa shape index (κ2) is 5.80. The zero-order chi connectivity index (χ0) is 14.8. The van der Waals surface area contributed by atoms with Gasteiger partial charge in [-0.1, -0.05) is 23.7 Å². The van der Waals surface area contributed by atoms with Gasteiger partial charge in [-0.25, -0.2) is 4.98 Å². The van der Waals surface area contributed by atoms with Crippen molar-refractivity contribution in [2.45, 2.75) is 6.18 Å². The van der Waals surface area contributed by atoms with Crippen LogP contribution in [0.3, 0.4) is 0 Å². The molecule has 20 heavy (non-hydrogen) atoms. The number of alkyl halides is 3. The number of halogens is 4. The van der Waals surface area contributed by atoms with Crippen LogP contribution in [0.4, 0.5) is 13.2 Å². The third-order valence-corrected chi connectivity index (χ3v) is 3.42. The van der Waals surface area contributed by atoms with Crippen molar-refractivity contribution in [2.75, 3.05) is 6.54 Å². The average Bonchev–Trinajstić information content (AvgIpc) is 2.85. The summed E-state index contributed by atoms with van der Waals surface area (Å²) in [5, 5.41) is 4.29. The molecule has 1 amide bonds. The maximum atomic E-state index is 12.0. The number of thiazole rings is 1. The van der Waals surface area contributed by atoms with Crippen LogP contribution in [0.15, 0.2) is 29.6 Å². The number of carbonyl (C=O) groups excluding carboxylic acids is 1. The zero-order valence-corrected chi connectivity index (χ0v) is 11.4. The largest absolute Gasteiger partial charge is 0.405 e. The van der Waals surface area contributed by atoms with Crippen molar-refractivity contribution < 1.29 is 18.0 Å². The number of benzene rings is 1. The van der Waals surface area contributed by atoms with E-state index in [9.17, 15) is 18.0 Å². The lowest BCUT2D eigenvalue weighted by molar-refractivity contribution is -0.123. The molecule has 0 saturated carbocycles. The summed E-state index contributed by atoms with van der Waals surface area (Å²) in [5.41, 5.74) is 0.707. The summed E-state index contributed by atoms with van der Waals surface area (Å²) in [7, 11) is 0. The van der Waals surface area contributed by atoms with E-state index in [2.05, 4.69) is 4.98 Å². The number of aromatic nitrogens is 1. The zero-order valence-electron chi connectivity index (χ0n) is 9.87. The fourth-order valence-electron chi connectivity index (χ4n) is 1.37. The van der Waals surface area contributed by atoms with E-state index in [0.717, 1.165) is 5.56 Å². The van der Waals surface area contributed by atoms with E-state index in [1.54, 1.807) is 29.6 Å². The third-order valence-electron chi connectivity index (χ3n) is 2.28. The molecule has 1 N–H and O–H groups in total. The van der Waals surface area contributed by atoms with Gasteiger partial charge in [0.05, 0.1) is 0 Å². The number of nitrogens with one attached hydrogen (secondary N) is 1. The van der Waals surface area contributed by atoms with Gasteiger partial charge in [0.25, 0.3) is 5.91 Å². The molecule has 2 aromatic rings. The predicted octanol–water partition coefficient (Wildman–Crippen LogP) is 3.76. The smallest absolute Gasteiger partial charge is 0.342 e. The Balaban J connectivity index is 2.09. The maximum absolute atomic E-state index is 12.0. The molecule has 0 saturated heterocycles. The second-order valence-corrected chi connectivity index (χ2v) is 5.14. The summed E-state index contributed by atoms with van der Waals surface area (Å²) >= 11 is 6.92. The molecule has 0 fully saturated rings. The summed E-state index contributed by atoms with van der Waals surface area (Å²) < 4.78 is 36.0. The highest BCUT2D eigenvalue weighted by Gasteiger charge is 2.28. The van der Waals surface area contributed by atoms with Crippen LogP contribution in [-0.4, -0.2) is 23.6 Å². The fraction of sp³-hybridized carbons (Fsp3) is 0.167. The Morgan fingerprint density at radius 2 is 1.95 bits per heavy atom. The molecule has 1 heterocycles. The Kier molecular flexibility index (Phi) is 4.29. The fourth-order valence-corrected chi connectivity index (χ4v) is 2.31. The van der Waals surface area contributed by atoms with E-state index in [0.29, 0.717) is 10.0 Å². The first-order valence-corrected chi connectivity index (χ1v) is 6.67. The van der Waals surface area contributed by atoms with Gasteiger partial charge in [0.2, 0.25) is 0 Å². The lowest BCUT2D eigenvalue weighted by Gasteiger charge is -2.06. The molecule has 0 aliphatic heterocycles. The van der Waals surface area contributed by atoms with Crippen LogP contribution >= 0.6 is 22.9 Å². The van der Waals surface area contributed by atoms with Gasteiger partial charge in [-0.2, -0.15) is 13.2 Å². The summed E-state index contributed by atoms with van der Waals surface area (Å²) in [6, 6.07) is 6.78. The summed E-state index contributed by atoms with van der Waals surface area (Å²) in [5.74, 6) is -0.848. The van der Waals surface area contributed by atoms with Crippen molar-refractivity contribution in [2.24, 2.45) is 0 Å². The summed E-state index contributed by atoms with van der Waals surface area (Å²) in [6.45, 7) is -1.38. The van der Waals surface area contributed by atoms with Gasteiger partial charge < -0.3 is 5.32 Å². The highest BCUT2D eigenvalue weighted by atomic mass is 35.5. The molecule has 0 bridgehead atoms. The minimum absolute atomic E-state index is 0.0378. The number of nitrogens with zero attached hydrogens (tertiary/aromatic N) is 1. The Labute approximate surface area is 121 Å². The lowest BCUT2D eigenvalue weighted by Crippen LogP contribution is -2.33. The third kappa shape index (κ3) is 3.94. The highest BCUT2D eigenvalue weighted by Crippen LogP contribution is 2.25. The first kappa shape index (κ1) is 14.8. The molecule has 0 unspecified atom stereocenters. The maximum Gasteiger partial charge on any atom is 0.405 e. The van der Waals surface area contributed by atoms with Gasteiger partial charge in [0.1, 0.15) is 17.2 Å². The highest BCUT2D eigenvalue weighted by molar-refractivity contribution is 7.13. The first-order valence-electron chi connectivity index (χ1n) is 5.41. The van der Waals surface area contributed by atoms with E-state index in [1.165, 1.54) is 16.7 Å². The number of rotatable bonds is 3. The minimum atomic E-state index is -4.44. The Bertz CT molecular complexity index is 610. The molecule has 3 nitrogen and oxygen atoms in total. The SMILES string of the molecule is O=C(NCC(F)(F)F)c1csc(-c2ccc(Cl)cc2)n1. The van der Waals surface area contributed by atoms with Gasteiger partial charge >= 0.3 is 6.18 Å². The molecule has 8 heteroatoms. The Morgan fingerprint density at radius 3 is 2.55 bits per heavy atom. The number of hydrogen-bond donors (Lipinski definition) is 1. The van der Waals surface area contributed by atoms with Gasteiger partial charge in [0.15, 0.2) is 0 Å². The molecule has 0 aliphatic rings.